The van der Waals surface area contributed by atoms with Crippen molar-refractivity contribution in [2.45, 2.75) is 37.0 Å². The van der Waals surface area contributed by atoms with E-state index >= 15 is 0 Å². The second-order valence-electron chi connectivity index (χ2n) is 4.53. The molecule has 1 atom stereocenters. The summed E-state index contributed by atoms with van der Waals surface area (Å²) in [6.45, 7) is 2.55. The summed E-state index contributed by atoms with van der Waals surface area (Å²) in [7, 11) is -3.10. The van der Waals surface area contributed by atoms with E-state index in [9.17, 15) is 8.42 Å². The van der Waals surface area contributed by atoms with Crippen LogP contribution in [0.5, 0.6) is 0 Å². The third-order valence-electron chi connectivity index (χ3n) is 3.27. The highest BCUT2D eigenvalue weighted by Gasteiger charge is 2.29. The average molecular weight is 248 g/mol. The van der Waals surface area contributed by atoms with Crippen LogP contribution in [0, 0.1) is 0 Å². The first-order valence-corrected chi connectivity index (χ1v) is 7.53. The number of ether oxygens (including phenoxy) is 1. The Hall–Kier alpha value is -0.170. The van der Waals surface area contributed by atoms with E-state index in [2.05, 4.69) is 10.0 Å². The molecular formula is C10H20N2O3S. The largest absolute Gasteiger partial charge is 0.378 e. The summed E-state index contributed by atoms with van der Waals surface area (Å²) in [5.41, 5.74) is 0. The fourth-order valence-corrected chi connectivity index (χ4v) is 3.91. The fourth-order valence-electron chi connectivity index (χ4n) is 2.28. The molecule has 0 bridgehead atoms. The summed E-state index contributed by atoms with van der Waals surface area (Å²) in [6, 6.07) is 0.116. The second-order valence-corrected chi connectivity index (χ2v) is 6.57. The molecule has 2 rings (SSSR count). The second kappa shape index (κ2) is 5.44. The lowest BCUT2D eigenvalue weighted by Crippen LogP contribution is -2.49. The lowest BCUT2D eigenvalue weighted by Gasteiger charge is -2.24. The van der Waals surface area contributed by atoms with Crippen LogP contribution in [-0.2, 0) is 14.8 Å². The van der Waals surface area contributed by atoms with Crippen molar-refractivity contribution in [2.75, 3.05) is 26.3 Å². The maximum absolute atomic E-state index is 11.9. The van der Waals surface area contributed by atoms with Crippen molar-refractivity contribution in [3.63, 3.8) is 0 Å². The molecular weight excluding hydrogens is 228 g/mol. The van der Waals surface area contributed by atoms with Gasteiger partial charge in [0.25, 0.3) is 0 Å². The van der Waals surface area contributed by atoms with E-state index in [0.717, 1.165) is 32.2 Å². The number of rotatable bonds is 4. The van der Waals surface area contributed by atoms with Gasteiger partial charge in [0.15, 0.2) is 0 Å². The van der Waals surface area contributed by atoms with Crippen molar-refractivity contribution in [3.8, 4) is 0 Å². The molecule has 1 aliphatic carbocycles. The lowest BCUT2D eigenvalue weighted by atomic mass is 10.3. The molecule has 94 valence electrons. The zero-order chi connectivity index (χ0) is 11.4. The minimum absolute atomic E-state index is 0.116. The van der Waals surface area contributed by atoms with Gasteiger partial charge in [-0.2, -0.15) is 0 Å². The summed E-state index contributed by atoms with van der Waals surface area (Å²) in [4.78, 5) is 0. The highest BCUT2D eigenvalue weighted by Crippen LogP contribution is 2.23. The van der Waals surface area contributed by atoms with E-state index < -0.39 is 10.0 Å². The van der Waals surface area contributed by atoms with Crippen LogP contribution in [0.3, 0.4) is 0 Å². The average Bonchev–Trinajstić information content (AvgIpc) is 2.82. The van der Waals surface area contributed by atoms with Crippen molar-refractivity contribution in [3.05, 3.63) is 0 Å². The quantitative estimate of drug-likeness (QED) is 0.725. The topological polar surface area (TPSA) is 67.4 Å². The van der Waals surface area contributed by atoms with Crippen LogP contribution in [0.1, 0.15) is 25.7 Å². The molecule has 1 unspecified atom stereocenters. The third-order valence-corrected chi connectivity index (χ3v) is 5.19. The highest BCUT2D eigenvalue weighted by atomic mass is 32.2. The molecule has 0 aromatic heterocycles. The fraction of sp³-hybridized carbons (Fsp3) is 1.00. The van der Waals surface area contributed by atoms with Crippen LogP contribution in [0.2, 0.25) is 0 Å². The molecule has 2 fully saturated rings. The number of hydrogen-bond donors (Lipinski definition) is 2. The molecule has 2 aliphatic rings. The Bertz CT molecular complexity index is 306. The van der Waals surface area contributed by atoms with Crippen molar-refractivity contribution in [2.24, 2.45) is 0 Å². The Kier molecular flexibility index (Phi) is 4.18. The van der Waals surface area contributed by atoms with Crippen molar-refractivity contribution >= 4 is 10.0 Å². The molecule has 0 amide bonds. The maximum Gasteiger partial charge on any atom is 0.214 e. The van der Waals surface area contributed by atoms with Gasteiger partial charge in [-0.05, 0) is 12.8 Å². The normalized spacial score (nSPS) is 28.4. The molecule has 0 radical (unpaired) electrons. The predicted octanol–water partition coefficient (Wildman–Crippen LogP) is -0.163. The van der Waals surface area contributed by atoms with E-state index in [4.69, 9.17) is 4.74 Å². The van der Waals surface area contributed by atoms with Gasteiger partial charge in [-0.3, -0.25) is 0 Å². The number of morpholine rings is 1. The van der Waals surface area contributed by atoms with Gasteiger partial charge in [0.1, 0.15) is 0 Å². The smallest absolute Gasteiger partial charge is 0.214 e. The van der Waals surface area contributed by atoms with Gasteiger partial charge in [0.2, 0.25) is 10.0 Å². The Morgan fingerprint density at radius 2 is 2.06 bits per heavy atom. The van der Waals surface area contributed by atoms with Crippen molar-refractivity contribution in [1.82, 2.24) is 10.0 Å². The molecule has 0 aromatic rings. The Labute approximate surface area is 97.0 Å². The van der Waals surface area contributed by atoms with Gasteiger partial charge in [0.05, 0.1) is 18.5 Å². The van der Waals surface area contributed by atoms with Crippen LogP contribution >= 0.6 is 0 Å². The monoisotopic (exact) mass is 248 g/mol. The van der Waals surface area contributed by atoms with Crippen LogP contribution in [0.25, 0.3) is 0 Å². The summed E-state index contributed by atoms with van der Waals surface area (Å²) in [6.07, 6.45) is 3.70. The molecule has 1 saturated heterocycles. The highest BCUT2D eigenvalue weighted by molar-refractivity contribution is 7.90. The van der Waals surface area contributed by atoms with Gasteiger partial charge in [-0.15, -0.1) is 0 Å². The molecule has 1 aliphatic heterocycles. The third kappa shape index (κ3) is 3.16. The predicted molar refractivity (Wildman–Crippen MR) is 61.8 cm³/mol. The van der Waals surface area contributed by atoms with Gasteiger partial charge < -0.3 is 10.1 Å². The summed E-state index contributed by atoms with van der Waals surface area (Å²) < 4.78 is 31.8. The molecule has 0 spiro atoms. The Morgan fingerprint density at radius 1 is 1.31 bits per heavy atom. The number of sulfonamides is 1. The van der Waals surface area contributed by atoms with Crippen molar-refractivity contribution in [1.29, 1.82) is 0 Å². The first kappa shape index (κ1) is 12.3. The van der Waals surface area contributed by atoms with E-state index in [0.29, 0.717) is 19.8 Å². The molecule has 5 nitrogen and oxygen atoms in total. The SMILES string of the molecule is O=S(=O)(NCC1COCCN1)C1CCCC1. The minimum atomic E-state index is -3.10. The maximum atomic E-state index is 11.9. The Morgan fingerprint density at radius 3 is 2.69 bits per heavy atom. The summed E-state index contributed by atoms with van der Waals surface area (Å²) in [5, 5.41) is 3.06. The van der Waals surface area contributed by atoms with Crippen LogP contribution < -0.4 is 10.0 Å². The lowest BCUT2D eigenvalue weighted by molar-refractivity contribution is 0.0784. The van der Waals surface area contributed by atoms with E-state index in [-0.39, 0.29) is 11.3 Å². The van der Waals surface area contributed by atoms with Gasteiger partial charge >= 0.3 is 0 Å². The first-order valence-electron chi connectivity index (χ1n) is 5.98. The molecule has 1 saturated carbocycles. The standard InChI is InChI=1S/C10H20N2O3S/c13-16(14,10-3-1-2-4-10)12-7-9-8-15-6-5-11-9/h9-12H,1-8H2. The van der Waals surface area contributed by atoms with E-state index in [1.54, 1.807) is 0 Å². The van der Waals surface area contributed by atoms with Crippen LogP contribution in [0.15, 0.2) is 0 Å². The van der Waals surface area contributed by atoms with Crippen LogP contribution in [-0.4, -0.2) is 46.0 Å². The van der Waals surface area contributed by atoms with Crippen LogP contribution in [0.4, 0.5) is 0 Å². The minimum Gasteiger partial charge on any atom is -0.378 e. The van der Waals surface area contributed by atoms with Crippen molar-refractivity contribution < 1.29 is 13.2 Å². The summed E-state index contributed by atoms with van der Waals surface area (Å²) >= 11 is 0. The zero-order valence-electron chi connectivity index (χ0n) is 9.44. The van der Waals surface area contributed by atoms with Gasteiger partial charge in [0, 0.05) is 19.1 Å². The molecule has 0 aromatic carbocycles. The van der Waals surface area contributed by atoms with Gasteiger partial charge in [-0.25, -0.2) is 13.1 Å². The number of nitrogens with one attached hydrogen (secondary N) is 2. The molecule has 1 heterocycles. The van der Waals surface area contributed by atoms with Gasteiger partial charge in [-0.1, -0.05) is 12.8 Å². The first-order chi connectivity index (χ1) is 7.68. The molecule has 2 N–H and O–H groups in total. The summed E-state index contributed by atoms with van der Waals surface area (Å²) in [5.74, 6) is 0. The van der Waals surface area contributed by atoms with E-state index in [1.807, 2.05) is 0 Å². The molecule has 6 heteroatoms. The van der Waals surface area contributed by atoms with E-state index in [1.165, 1.54) is 0 Å². The number of hydrogen-bond acceptors (Lipinski definition) is 4. The Balaban J connectivity index is 1.79. The molecule has 16 heavy (non-hydrogen) atoms. The zero-order valence-corrected chi connectivity index (χ0v) is 10.3.